The number of guanidine groups is 1. The molecule has 0 radical (unpaired) electrons. The number of nitrogens with zero attached hydrogens (tertiary/aromatic N) is 3. The van der Waals surface area contributed by atoms with Crippen LogP contribution in [0.15, 0.2) is 120 Å². The summed E-state index contributed by atoms with van der Waals surface area (Å²) in [5.41, 5.74) is 14.1. The smallest absolute Gasteiger partial charge is 0.254 e. The molecular formula is C39H40FN7O3. The van der Waals surface area contributed by atoms with E-state index >= 15 is 0 Å². The third kappa shape index (κ3) is 9.50. The van der Waals surface area contributed by atoms with Gasteiger partial charge in [-0.15, -0.1) is 0 Å². The van der Waals surface area contributed by atoms with Gasteiger partial charge in [0.1, 0.15) is 11.9 Å². The largest absolute Gasteiger partial charge is 0.370 e. The molecule has 0 spiro atoms. The molecule has 0 aliphatic rings. The fourth-order valence-corrected chi connectivity index (χ4v) is 5.68. The number of aromatic nitrogens is 1. The molecule has 0 fully saturated rings. The first kappa shape index (κ1) is 35.2. The predicted molar refractivity (Wildman–Crippen MR) is 192 cm³/mol. The van der Waals surface area contributed by atoms with Crippen LogP contribution < -0.4 is 22.1 Å². The Bertz CT molecular complexity index is 1940. The number of amides is 3. The summed E-state index contributed by atoms with van der Waals surface area (Å²) in [5.74, 6) is -1.52. The molecule has 0 bridgehead atoms. The third-order valence-electron chi connectivity index (χ3n) is 8.26. The summed E-state index contributed by atoms with van der Waals surface area (Å²) >= 11 is 0. The van der Waals surface area contributed by atoms with Gasteiger partial charge in [0.25, 0.3) is 11.8 Å². The van der Waals surface area contributed by atoms with Crippen molar-refractivity contribution < 1.29 is 18.8 Å². The second-order valence-electron chi connectivity index (χ2n) is 12.0. The molecule has 1 heterocycles. The number of hydrogen-bond donors (Lipinski definition) is 4. The zero-order chi connectivity index (χ0) is 35.5. The van der Waals surface area contributed by atoms with Crippen molar-refractivity contribution in [1.29, 1.82) is 0 Å². The van der Waals surface area contributed by atoms with Crippen LogP contribution in [0.25, 0.3) is 10.8 Å². The Hall–Kier alpha value is -6.10. The van der Waals surface area contributed by atoms with Crippen LogP contribution in [0.2, 0.25) is 0 Å². The maximum atomic E-state index is 13.6. The molecule has 0 aliphatic heterocycles. The molecule has 0 aliphatic carbocycles. The average Bonchev–Trinajstić information content (AvgIpc) is 3.12. The average molecular weight is 674 g/mol. The summed E-state index contributed by atoms with van der Waals surface area (Å²) in [6.45, 7) is 2.67. The van der Waals surface area contributed by atoms with Crippen LogP contribution in [0.3, 0.4) is 0 Å². The number of pyridine rings is 1. The number of carbonyl (C=O) groups excluding carboxylic acids is 3. The normalized spacial score (nSPS) is 12.0. The fraction of sp³-hybridized carbons (Fsp3) is 0.205. The minimum absolute atomic E-state index is 0.0438. The van der Waals surface area contributed by atoms with E-state index in [1.165, 1.54) is 24.3 Å². The van der Waals surface area contributed by atoms with Crippen LogP contribution in [0, 0.1) is 5.82 Å². The molecule has 10 nitrogen and oxygen atoms in total. The lowest BCUT2D eigenvalue weighted by molar-refractivity contribution is -0.123. The third-order valence-corrected chi connectivity index (χ3v) is 8.26. The highest BCUT2D eigenvalue weighted by atomic mass is 19.1. The first-order valence-corrected chi connectivity index (χ1v) is 16.4. The molecule has 0 saturated carbocycles. The summed E-state index contributed by atoms with van der Waals surface area (Å²) in [4.78, 5) is 50.5. The molecule has 5 aromatic rings. The van der Waals surface area contributed by atoms with Crippen LogP contribution in [0.1, 0.15) is 63.3 Å². The molecule has 11 heteroatoms. The maximum absolute atomic E-state index is 13.6. The maximum Gasteiger partial charge on any atom is 0.254 e. The summed E-state index contributed by atoms with van der Waals surface area (Å²) < 4.78 is 13.6. The van der Waals surface area contributed by atoms with E-state index in [0.29, 0.717) is 36.2 Å². The van der Waals surface area contributed by atoms with Gasteiger partial charge in [0.15, 0.2) is 5.96 Å². The van der Waals surface area contributed by atoms with E-state index in [4.69, 9.17) is 11.5 Å². The molecule has 0 saturated heterocycles. The van der Waals surface area contributed by atoms with Crippen molar-refractivity contribution in [3.8, 4) is 0 Å². The topological polar surface area (TPSA) is 156 Å². The fourth-order valence-electron chi connectivity index (χ4n) is 5.68. The van der Waals surface area contributed by atoms with E-state index in [1.54, 1.807) is 41.4 Å². The number of rotatable bonds is 14. The van der Waals surface area contributed by atoms with Gasteiger partial charge in [-0.05, 0) is 90.2 Å². The van der Waals surface area contributed by atoms with E-state index in [-0.39, 0.29) is 36.9 Å². The highest BCUT2D eigenvalue weighted by Gasteiger charge is 2.24. The van der Waals surface area contributed by atoms with E-state index in [2.05, 4.69) is 20.6 Å². The highest BCUT2D eigenvalue weighted by molar-refractivity contribution is 5.98. The van der Waals surface area contributed by atoms with Crippen LogP contribution in [0.4, 0.5) is 4.39 Å². The lowest BCUT2D eigenvalue weighted by Gasteiger charge is -2.23. The molecule has 256 valence electrons. The SMILES string of the molecule is C[C@H](NC(=O)[C@H](CCCN=C(N)N)NC(=O)c1ccc(CN(Cc2ccccn2)C(=O)c2ccc(F)cc2)cc1)c1cccc2ccccc12. The van der Waals surface area contributed by atoms with Gasteiger partial charge in [0, 0.05) is 30.4 Å². The molecule has 2 atom stereocenters. The monoisotopic (exact) mass is 673 g/mol. The van der Waals surface area contributed by atoms with Crippen molar-refractivity contribution in [2.24, 2.45) is 16.5 Å². The quantitative estimate of drug-likeness (QED) is 0.0718. The number of nitrogens with one attached hydrogen (secondary N) is 2. The van der Waals surface area contributed by atoms with Gasteiger partial charge in [-0.2, -0.15) is 0 Å². The van der Waals surface area contributed by atoms with Gasteiger partial charge >= 0.3 is 0 Å². The van der Waals surface area contributed by atoms with Gasteiger partial charge in [0.05, 0.1) is 18.3 Å². The Morgan fingerprint density at radius 1 is 0.820 bits per heavy atom. The van der Waals surface area contributed by atoms with Crippen molar-refractivity contribution in [3.63, 3.8) is 0 Å². The molecule has 1 aromatic heterocycles. The lowest BCUT2D eigenvalue weighted by Crippen LogP contribution is -2.47. The summed E-state index contributed by atoms with van der Waals surface area (Å²) in [7, 11) is 0. The van der Waals surface area contributed by atoms with Gasteiger partial charge in [-0.1, -0.05) is 60.7 Å². The molecular weight excluding hydrogens is 633 g/mol. The van der Waals surface area contributed by atoms with Crippen molar-refractivity contribution in [3.05, 3.63) is 149 Å². The van der Waals surface area contributed by atoms with E-state index in [9.17, 15) is 18.8 Å². The summed E-state index contributed by atoms with van der Waals surface area (Å²) in [6, 6.07) is 30.4. The van der Waals surface area contributed by atoms with Crippen molar-refractivity contribution >= 4 is 34.5 Å². The number of nitrogens with two attached hydrogens (primary N) is 2. The van der Waals surface area contributed by atoms with E-state index in [1.807, 2.05) is 61.5 Å². The molecule has 6 N–H and O–H groups in total. The van der Waals surface area contributed by atoms with Crippen molar-refractivity contribution in [2.45, 2.75) is 44.9 Å². The lowest BCUT2D eigenvalue weighted by atomic mass is 9.99. The second kappa shape index (κ2) is 16.8. The standard InChI is InChI=1S/C39H40FN7O3/c1-26(33-12-6-9-28-8-2-3-11-34(28)33)45-37(49)35(13-7-23-44-39(41)42)46-36(48)29-16-14-27(15-17-29)24-47(25-32-10-4-5-22-43-32)38(50)30-18-20-31(40)21-19-30/h2-6,8-12,14-22,26,35H,7,13,23-25H2,1H3,(H,45,49)(H,46,48)(H4,41,42,44)/t26-,35-/m0/s1. The Morgan fingerprint density at radius 3 is 2.24 bits per heavy atom. The molecule has 5 rings (SSSR count). The summed E-state index contributed by atoms with van der Waals surface area (Å²) in [5, 5.41) is 8.06. The van der Waals surface area contributed by atoms with Crippen LogP contribution in [-0.4, -0.2) is 46.2 Å². The van der Waals surface area contributed by atoms with Gasteiger partial charge < -0.3 is 27.0 Å². The van der Waals surface area contributed by atoms with Crippen molar-refractivity contribution in [2.75, 3.05) is 6.54 Å². The Kier molecular flexibility index (Phi) is 11.9. The number of hydrogen-bond acceptors (Lipinski definition) is 5. The van der Waals surface area contributed by atoms with Crippen LogP contribution in [-0.2, 0) is 17.9 Å². The number of carbonyl (C=O) groups is 3. The molecule has 0 unspecified atom stereocenters. The molecule has 4 aromatic carbocycles. The van der Waals surface area contributed by atoms with E-state index < -0.39 is 17.8 Å². The van der Waals surface area contributed by atoms with Gasteiger partial charge in [-0.25, -0.2) is 4.39 Å². The first-order chi connectivity index (χ1) is 24.2. The number of halogens is 1. The number of aliphatic imine (C=N–C) groups is 1. The van der Waals surface area contributed by atoms with E-state index in [0.717, 1.165) is 21.9 Å². The molecule has 50 heavy (non-hydrogen) atoms. The van der Waals surface area contributed by atoms with Crippen LogP contribution >= 0.6 is 0 Å². The Labute approximate surface area is 290 Å². The minimum Gasteiger partial charge on any atom is -0.370 e. The van der Waals surface area contributed by atoms with Crippen molar-refractivity contribution in [1.82, 2.24) is 20.5 Å². The minimum atomic E-state index is -0.851. The van der Waals surface area contributed by atoms with Crippen LogP contribution in [0.5, 0.6) is 0 Å². The molecule has 3 amide bonds. The van der Waals surface area contributed by atoms with Gasteiger partial charge in [0.2, 0.25) is 5.91 Å². The first-order valence-electron chi connectivity index (χ1n) is 16.4. The second-order valence-corrected chi connectivity index (χ2v) is 12.0. The highest BCUT2D eigenvalue weighted by Crippen LogP contribution is 2.24. The number of fused-ring (bicyclic) bond motifs is 1. The zero-order valence-electron chi connectivity index (χ0n) is 27.8. The van der Waals surface area contributed by atoms with Gasteiger partial charge in [-0.3, -0.25) is 24.4 Å². The summed E-state index contributed by atoms with van der Waals surface area (Å²) in [6.07, 6.45) is 2.43. The predicted octanol–water partition coefficient (Wildman–Crippen LogP) is 5.25. The Balaban J connectivity index is 1.29. The zero-order valence-corrected chi connectivity index (χ0v) is 27.8. The number of benzene rings is 4. The Morgan fingerprint density at radius 2 is 1.52 bits per heavy atom.